The van der Waals surface area contributed by atoms with E-state index in [1.165, 1.54) is 16.2 Å². The SMILES string of the molecule is O=C(O)COCc1ccc2cc3ccccc3cc2c1. The maximum absolute atomic E-state index is 10.4. The standard InChI is InChI=1S/C17H14O3/c18-17(19)11-20-10-12-5-6-15-8-13-3-1-2-4-14(13)9-16(15)7-12/h1-9H,10-11H2,(H,18,19). The Kier molecular flexibility index (Phi) is 3.35. The van der Waals surface area contributed by atoms with Crippen molar-refractivity contribution < 1.29 is 14.6 Å². The van der Waals surface area contributed by atoms with Crippen molar-refractivity contribution in [1.82, 2.24) is 0 Å². The van der Waals surface area contributed by atoms with Crippen molar-refractivity contribution in [3.63, 3.8) is 0 Å². The van der Waals surface area contributed by atoms with E-state index in [4.69, 9.17) is 9.84 Å². The minimum Gasteiger partial charge on any atom is -0.480 e. The van der Waals surface area contributed by atoms with Gasteiger partial charge >= 0.3 is 5.97 Å². The van der Waals surface area contributed by atoms with Gasteiger partial charge in [-0.05, 0) is 45.3 Å². The van der Waals surface area contributed by atoms with Crippen LogP contribution < -0.4 is 0 Å². The molecule has 0 saturated heterocycles. The fourth-order valence-corrected chi connectivity index (χ4v) is 2.34. The van der Waals surface area contributed by atoms with Crippen LogP contribution in [0.1, 0.15) is 5.56 Å². The molecule has 0 heterocycles. The van der Waals surface area contributed by atoms with Crippen LogP contribution in [0.15, 0.2) is 54.6 Å². The predicted octanol–water partition coefficient (Wildman–Crippen LogP) is 3.59. The Morgan fingerprint density at radius 1 is 0.900 bits per heavy atom. The van der Waals surface area contributed by atoms with Gasteiger partial charge < -0.3 is 9.84 Å². The first-order valence-electron chi connectivity index (χ1n) is 6.43. The van der Waals surface area contributed by atoms with Gasteiger partial charge in [-0.2, -0.15) is 0 Å². The molecular formula is C17H14O3. The summed E-state index contributed by atoms with van der Waals surface area (Å²) >= 11 is 0. The van der Waals surface area contributed by atoms with E-state index >= 15 is 0 Å². The molecule has 0 aromatic heterocycles. The van der Waals surface area contributed by atoms with E-state index in [-0.39, 0.29) is 6.61 Å². The second kappa shape index (κ2) is 5.31. The molecule has 0 saturated carbocycles. The molecular weight excluding hydrogens is 252 g/mol. The van der Waals surface area contributed by atoms with Gasteiger partial charge in [0.05, 0.1) is 6.61 Å². The Morgan fingerprint density at radius 3 is 2.25 bits per heavy atom. The number of ether oxygens (including phenoxy) is 1. The molecule has 3 aromatic rings. The van der Waals surface area contributed by atoms with Gasteiger partial charge in [0.15, 0.2) is 0 Å². The summed E-state index contributed by atoms with van der Waals surface area (Å²) in [4.78, 5) is 10.4. The molecule has 0 unspecified atom stereocenters. The second-order valence-electron chi connectivity index (χ2n) is 4.77. The van der Waals surface area contributed by atoms with E-state index in [0.717, 1.165) is 10.9 Å². The summed E-state index contributed by atoms with van der Waals surface area (Å²) in [5, 5.41) is 13.3. The molecule has 0 bridgehead atoms. The number of carbonyl (C=O) groups is 1. The van der Waals surface area contributed by atoms with Crippen molar-refractivity contribution in [2.45, 2.75) is 6.61 Å². The lowest BCUT2D eigenvalue weighted by atomic mass is 10.0. The average molecular weight is 266 g/mol. The summed E-state index contributed by atoms with van der Waals surface area (Å²) in [7, 11) is 0. The summed E-state index contributed by atoms with van der Waals surface area (Å²) in [6.07, 6.45) is 0. The van der Waals surface area contributed by atoms with Crippen molar-refractivity contribution >= 4 is 27.5 Å². The molecule has 3 heteroatoms. The Balaban J connectivity index is 1.93. The smallest absolute Gasteiger partial charge is 0.329 e. The molecule has 0 spiro atoms. The molecule has 20 heavy (non-hydrogen) atoms. The van der Waals surface area contributed by atoms with Gasteiger partial charge in [-0.15, -0.1) is 0 Å². The molecule has 3 aromatic carbocycles. The Hall–Kier alpha value is -2.39. The Morgan fingerprint density at radius 2 is 1.55 bits per heavy atom. The number of carboxylic acid groups (broad SMARTS) is 1. The van der Waals surface area contributed by atoms with E-state index in [2.05, 4.69) is 24.3 Å². The summed E-state index contributed by atoms with van der Waals surface area (Å²) in [6.45, 7) is 0.0465. The molecule has 0 atom stereocenters. The number of fused-ring (bicyclic) bond motifs is 2. The lowest BCUT2D eigenvalue weighted by Crippen LogP contribution is -2.06. The lowest BCUT2D eigenvalue weighted by Gasteiger charge is -2.06. The Labute approximate surface area is 116 Å². The topological polar surface area (TPSA) is 46.5 Å². The van der Waals surface area contributed by atoms with Crippen molar-refractivity contribution in [3.05, 3.63) is 60.2 Å². The highest BCUT2D eigenvalue weighted by Crippen LogP contribution is 2.23. The summed E-state index contributed by atoms with van der Waals surface area (Å²) in [5.74, 6) is -0.947. The van der Waals surface area contributed by atoms with Crippen LogP contribution in [0.3, 0.4) is 0 Å². The minimum atomic E-state index is -0.947. The van der Waals surface area contributed by atoms with Gasteiger partial charge in [0.25, 0.3) is 0 Å². The van der Waals surface area contributed by atoms with Crippen LogP contribution in [0.4, 0.5) is 0 Å². The highest BCUT2D eigenvalue weighted by atomic mass is 16.5. The van der Waals surface area contributed by atoms with Gasteiger partial charge in [0.2, 0.25) is 0 Å². The fraction of sp³-hybridized carbons (Fsp3) is 0.118. The third-order valence-corrected chi connectivity index (χ3v) is 3.26. The number of hydrogen-bond acceptors (Lipinski definition) is 2. The quantitative estimate of drug-likeness (QED) is 0.734. The zero-order valence-electron chi connectivity index (χ0n) is 10.9. The molecule has 3 nitrogen and oxygen atoms in total. The average Bonchev–Trinajstić information content (AvgIpc) is 2.44. The van der Waals surface area contributed by atoms with E-state index in [9.17, 15) is 4.79 Å². The summed E-state index contributed by atoms with van der Waals surface area (Å²) in [6, 6.07) is 18.6. The predicted molar refractivity (Wildman–Crippen MR) is 78.7 cm³/mol. The van der Waals surface area contributed by atoms with Crippen molar-refractivity contribution in [3.8, 4) is 0 Å². The van der Waals surface area contributed by atoms with Crippen molar-refractivity contribution in [1.29, 1.82) is 0 Å². The molecule has 0 radical (unpaired) electrons. The fourth-order valence-electron chi connectivity index (χ4n) is 2.34. The van der Waals surface area contributed by atoms with Crippen LogP contribution >= 0.6 is 0 Å². The first-order chi connectivity index (χ1) is 9.72. The van der Waals surface area contributed by atoms with Crippen LogP contribution in [0.25, 0.3) is 21.5 Å². The number of carboxylic acids is 1. The molecule has 0 aliphatic rings. The molecule has 0 aliphatic carbocycles. The van der Waals surface area contributed by atoms with E-state index in [1.54, 1.807) is 0 Å². The van der Waals surface area contributed by atoms with Crippen LogP contribution in [-0.2, 0) is 16.1 Å². The first kappa shape index (κ1) is 12.6. The third kappa shape index (κ3) is 2.63. The zero-order valence-corrected chi connectivity index (χ0v) is 10.9. The monoisotopic (exact) mass is 266 g/mol. The summed E-state index contributed by atoms with van der Waals surface area (Å²) in [5.41, 5.74) is 0.981. The van der Waals surface area contributed by atoms with Crippen molar-refractivity contribution in [2.75, 3.05) is 6.61 Å². The molecule has 1 N–H and O–H groups in total. The van der Waals surface area contributed by atoms with Crippen LogP contribution in [0, 0.1) is 0 Å². The number of rotatable bonds is 4. The maximum atomic E-state index is 10.4. The van der Waals surface area contributed by atoms with Gasteiger partial charge in [0.1, 0.15) is 6.61 Å². The largest absolute Gasteiger partial charge is 0.480 e. The minimum absolute atomic E-state index is 0.268. The molecule has 0 aliphatic heterocycles. The van der Waals surface area contributed by atoms with Crippen LogP contribution in [0.5, 0.6) is 0 Å². The van der Waals surface area contributed by atoms with Gasteiger partial charge in [-0.25, -0.2) is 4.79 Å². The normalized spacial score (nSPS) is 11.0. The molecule has 0 fully saturated rings. The van der Waals surface area contributed by atoms with Gasteiger partial charge in [-0.1, -0.05) is 36.4 Å². The highest BCUT2D eigenvalue weighted by molar-refractivity contribution is 5.98. The van der Waals surface area contributed by atoms with E-state index in [1.807, 2.05) is 30.3 Å². The van der Waals surface area contributed by atoms with Crippen LogP contribution in [0.2, 0.25) is 0 Å². The number of benzene rings is 3. The Bertz CT molecular complexity index is 777. The molecule has 100 valence electrons. The summed E-state index contributed by atoms with van der Waals surface area (Å²) < 4.78 is 5.12. The first-order valence-corrected chi connectivity index (χ1v) is 6.43. The third-order valence-electron chi connectivity index (χ3n) is 3.26. The maximum Gasteiger partial charge on any atom is 0.329 e. The number of aliphatic carboxylic acids is 1. The van der Waals surface area contributed by atoms with Crippen molar-refractivity contribution in [2.24, 2.45) is 0 Å². The van der Waals surface area contributed by atoms with Gasteiger partial charge in [0, 0.05) is 0 Å². The highest BCUT2D eigenvalue weighted by Gasteiger charge is 2.01. The number of hydrogen-bond donors (Lipinski definition) is 1. The second-order valence-corrected chi connectivity index (χ2v) is 4.77. The molecule has 0 amide bonds. The zero-order chi connectivity index (χ0) is 13.9. The lowest BCUT2D eigenvalue weighted by molar-refractivity contribution is -0.142. The van der Waals surface area contributed by atoms with Crippen LogP contribution in [-0.4, -0.2) is 17.7 Å². The molecule has 3 rings (SSSR count). The van der Waals surface area contributed by atoms with E-state index < -0.39 is 5.97 Å². The van der Waals surface area contributed by atoms with E-state index in [0.29, 0.717) is 6.61 Å². The van der Waals surface area contributed by atoms with Gasteiger partial charge in [-0.3, -0.25) is 0 Å².